The summed E-state index contributed by atoms with van der Waals surface area (Å²) < 4.78 is 11.7. The van der Waals surface area contributed by atoms with Crippen LogP contribution in [-0.4, -0.2) is 66.0 Å². The number of pyridine rings is 1. The molecule has 48 heavy (non-hydrogen) atoms. The van der Waals surface area contributed by atoms with Crippen LogP contribution < -0.4 is 10.1 Å². The molecule has 4 aromatic rings. The molecule has 0 spiro atoms. The Morgan fingerprint density at radius 3 is 2.44 bits per heavy atom. The lowest BCUT2D eigenvalue weighted by Crippen LogP contribution is -2.43. The number of aryl methyl sites for hydroxylation is 1. The molecule has 0 radical (unpaired) electrons. The summed E-state index contributed by atoms with van der Waals surface area (Å²) in [6.07, 6.45) is 2.42. The molecule has 0 aliphatic carbocycles. The molecule has 0 bridgehead atoms. The number of carbonyl (C=O) groups excluding carboxylic acids is 1. The van der Waals surface area contributed by atoms with E-state index >= 15 is 0 Å². The third-order valence-electron chi connectivity index (χ3n) is 9.36. The summed E-state index contributed by atoms with van der Waals surface area (Å²) in [6.45, 7) is 16.1. The molecule has 1 amide bonds. The van der Waals surface area contributed by atoms with E-state index in [0.717, 1.165) is 30.8 Å². The molecule has 254 valence electrons. The van der Waals surface area contributed by atoms with Crippen molar-refractivity contribution in [2.24, 2.45) is 0 Å². The first-order valence-corrected chi connectivity index (χ1v) is 19.7. The van der Waals surface area contributed by atoms with Gasteiger partial charge in [0.05, 0.1) is 47.0 Å². The molecule has 3 heterocycles. The number of ether oxygens (including phenoxy) is 1. The van der Waals surface area contributed by atoms with Crippen molar-refractivity contribution in [2.75, 3.05) is 32.1 Å². The topological polar surface area (TPSA) is 110 Å². The van der Waals surface area contributed by atoms with Gasteiger partial charge in [-0.15, -0.1) is 0 Å². The summed E-state index contributed by atoms with van der Waals surface area (Å²) >= 11 is 13.8. The van der Waals surface area contributed by atoms with Gasteiger partial charge in [-0.2, -0.15) is 0 Å². The van der Waals surface area contributed by atoms with Crippen molar-refractivity contribution < 1.29 is 19.1 Å². The maximum Gasteiger partial charge on any atom is 0.274 e. The zero-order valence-corrected chi connectivity index (χ0v) is 31.1. The van der Waals surface area contributed by atoms with Crippen molar-refractivity contribution in [3.63, 3.8) is 0 Å². The predicted octanol–water partition coefficient (Wildman–Crippen LogP) is 7.95. The molecule has 0 unspecified atom stereocenters. The van der Waals surface area contributed by atoms with Gasteiger partial charge in [0.1, 0.15) is 11.4 Å². The normalized spacial score (nSPS) is 13.7. The molecular formula is C36H43Cl2N5O4Si. The number of hydrogen-bond donors (Lipinski definition) is 2. The summed E-state index contributed by atoms with van der Waals surface area (Å²) in [4.78, 5) is 29.5. The van der Waals surface area contributed by atoms with Crippen LogP contribution in [0.1, 0.15) is 53.8 Å². The second-order valence-electron chi connectivity index (χ2n) is 13.5. The van der Waals surface area contributed by atoms with E-state index in [0.29, 0.717) is 62.7 Å². The van der Waals surface area contributed by atoms with Gasteiger partial charge in [0.15, 0.2) is 8.32 Å². The SMILES string of the molecule is COc1nc(-c2cccc(-c3cccc(NC(=O)c4cc(C)c5c(n4)CN(CCO[Si](C)(C)C(C)(C)C)CC5)c3Cl)c2Cl)cnc1CO. The molecule has 0 atom stereocenters. The summed E-state index contributed by atoms with van der Waals surface area (Å²) in [5.41, 5.74) is 6.68. The predicted molar refractivity (Wildman–Crippen MR) is 194 cm³/mol. The lowest BCUT2D eigenvalue weighted by Gasteiger charge is -2.37. The molecule has 9 nitrogen and oxygen atoms in total. The fraction of sp³-hybridized carbons (Fsp3) is 0.389. The molecule has 1 aliphatic heterocycles. The van der Waals surface area contributed by atoms with E-state index in [9.17, 15) is 9.90 Å². The highest BCUT2D eigenvalue weighted by Gasteiger charge is 2.37. The van der Waals surface area contributed by atoms with Gasteiger partial charge < -0.3 is 19.6 Å². The number of halogens is 2. The van der Waals surface area contributed by atoms with E-state index in [1.165, 1.54) is 18.9 Å². The number of amides is 1. The number of anilines is 1. The number of benzene rings is 2. The Labute approximate surface area is 293 Å². The molecule has 12 heteroatoms. The maximum absolute atomic E-state index is 13.6. The highest BCUT2D eigenvalue weighted by atomic mass is 35.5. The number of nitrogens with one attached hydrogen (secondary N) is 1. The van der Waals surface area contributed by atoms with Crippen LogP contribution in [0.15, 0.2) is 48.7 Å². The van der Waals surface area contributed by atoms with Crippen molar-refractivity contribution in [3.8, 4) is 28.3 Å². The highest BCUT2D eigenvalue weighted by Crippen LogP contribution is 2.41. The number of aromatic nitrogens is 3. The number of nitrogens with zero attached hydrogens (tertiary/aromatic N) is 4. The number of aliphatic hydroxyl groups is 1. The van der Waals surface area contributed by atoms with Gasteiger partial charge in [0.25, 0.3) is 5.91 Å². The molecule has 2 aromatic heterocycles. The zero-order chi connectivity index (χ0) is 34.8. The van der Waals surface area contributed by atoms with Gasteiger partial charge in [0.2, 0.25) is 5.88 Å². The first-order valence-electron chi connectivity index (χ1n) is 16.0. The van der Waals surface area contributed by atoms with E-state index < -0.39 is 8.32 Å². The molecule has 0 fully saturated rings. The van der Waals surface area contributed by atoms with Crippen molar-refractivity contribution in [1.82, 2.24) is 19.9 Å². The van der Waals surface area contributed by atoms with Crippen molar-refractivity contribution >= 4 is 43.1 Å². The molecule has 2 N–H and O–H groups in total. The Bertz CT molecular complexity index is 1830. The first kappa shape index (κ1) is 35.9. The summed E-state index contributed by atoms with van der Waals surface area (Å²) in [6, 6.07) is 12.8. The van der Waals surface area contributed by atoms with Gasteiger partial charge in [-0.05, 0) is 54.7 Å². The second-order valence-corrected chi connectivity index (χ2v) is 19.1. The van der Waals surface area contributed by atoms with Crippen LogP contribution in [-0.2, 0) is 24.0 Å². The van der Waals surface area contributed by atoms with Crippen molar-refractivity contribution in [3.05, 3.63) is 86.9 Å². The number of hydrogen-bond acceptors (Lipinski definition) is 8. The minimum Gasteiger partial charge on any atom is -0.480 e. The average molecular weight is 709 g/mol. The second kappa shape index (κ2) is 14.6. The number of fused-ring (bicyclic) bond motifs is 1. The number of rotatable bonds is 10. The van der Waals surface area contributed by atoms with Crippen LogP contribution in [0.4, 0.5) is 5.69 Å². The fourth-order valence-corrected chi connectivity index (χ4v) is 7.15. The lowest BCUT2D eigenvalue weighted by molar-refractivity contribution is 0.102. The largest absolute Gasteiger partial charge is 0.480 e. The average Bonchev–Trinajstić information content (AvgIpc) is 3.05. The Morgan fingerprint density at radius 1 is 1.06 bits per heavy atom. The van der Waals surface area contributed by atoms with Crippen LogP contribution in [0.25, 0.3) is 22.4 Å². The van der Waals surface area contributed by atoms with Crippen LogP contribution in [0.3, 0.4) is 0 Å². The van der Waals surface area contributed by atoms with Crippen molar-refractivity contribution in [2.45, 2.75) is 65.4 Å². The summed E-state index contributed by atoms with van der Waals surface area (Å²) in [5, 5.41) is 13.4. The standard InChI is InChI=1S/C36H43Cl2N5O4Si/c1-22-18-28(40-30-20-43(15-14-23(22)30)16-17-47-48(6,7)36(2,3)4)34(45)41-27-13-9-11-25(33(27)38)24-10-8-12-26(32(24)37)29-19-39-31(21-44)35(42-29)46-5/h8-13,18-19,44H,14-17,20-21H2,1-7H3,(H,41,45). The quantitative estimate of drug-likeness (QED) is 0.160. The minimum atomic E-state index is -1.82. The Morgan fingerprint density at radius 2 is 1.75 bits per heavy atom. The molecule has 0 saturated carbocycles. The van der Waals surface area contributed by atoms with Crippen molar-refractivity contribution in [1.29, 1.82) is 0 Å². The number of aliphatic hydroxyl groups excluding tert-OH is 1. The van der Waals surface area contributed by atoms with Gasteiger partial charge in [-0.25, -0.2) is 9.97 Å². The molecule has 1 aliphatic rings. The molecule has 2 aromatic carbocycles. The highest BCUT2D eigenvalue weighted by molar-refractivity contribution is 6.74. The Hall–Kier alpha value is -3.38. The summed E-state index contributed by atoms with van der Waals surface area (Å²) in [5.74, 6) is -0.127. The van der Waals surface area contributed by atoms with Crippen LogP contribution in [0.5, 0.6) is 5.88 Å². The summed E-state index contributed by atoms with van der Waals surface area (Å²) in [7, 11) is -0.356. The van der Waals surface area contributed by atoms with Gasteiger partial charge in [0, 0.05) is 42.9 Å². The first-order chi connectivity index (χ1) is 22.7. The van der Waals surface area contributed by atoms with E-state index in [2.05, 4.69) is 54.0 Å². The van der Waals surface area contributed by atoms with E-state index in [4.69, 9.17) is 37.3 Å². The van der Waals surface area contributed by atoms with Crippen LogP contribution >= 0.6 is 23.2 Å². The van der Waals surface area contributed by atoms with E-state index in [-0.39, 0.29) is 23.4 Å². The fourth-order valence-electron chi connectivity index (χ4n) is 5.51. The van der Waals surface area contributed by atoms with Crippen LogP contribution in [0.2, 0.25) is 28.2 Å². The third-order valence-corrected chi connectivity index (χ3v) is 14.7. The van der Waals surface area contributed by atoms with Gasteiger partial charge >= 0.3 is 0 Å². The molecular weight excluding hydrogens is 665 g/mol. The van der Waals surface area contributed by atoms with E-state index in [1.807, 2.05) is 43.3 Å². The Balaban J connectivity index is 1.34. The van der Waals surface area contributed by atoms with Gasteiger partial charge in [-0.1, -0.05) is 74.3 Å². The molecule has 5 rings (SSSR count). The maximum atomic E-state index is 13.6. The lowest BCUT2D eigenvalue weighted by atomic mass is 9.98. The Kier molecular flexibility index (Phi) is 10.9. The number of methoxy groups -OCH3 is 1. The van der Waals surface area contributed by atoms with Crippen LogP contribution in [0, 0.1) is 6.92 Å². The minimum absolute atomic E-state index is 0.166. The smallest absolute Gasteiger partial charge is 0.274 e. The number of carbonyl (C=O) groups is 1. The molecule has 0 saturated heterocycles. The zero-order valence-electron chi connectivity index (χ0n) is 28.6. The van der Waals surface area contributed by atoms with E-state index in [1.54, 1.807) is 6.07 Å². The van der Waals surface area contributed by atoms with Gasteiger partial charge in [-0.3, -0.25) is 14.7 Å². The third kappa shape index (κ3) is 7.59. The monoisotopic (exact) mass is 707 g/mol.